The number of amides is 2. The molecule has 0 spiro atoms. The van der Waals surface area contributed by atoms with Crippen LogP contribution >= 0.6 is 0 Å². The average molecular weight is 331 g/mol. The van der Waals surface area contributed by atoms with Gasteiger partial charge in [0, 0.05) is 18.8 Å². The second kappa shape index (κ2) is 8.83. The van der Waals surface area contributed by atoms with E-state index in [2.05, 4.69) is 17.1 Å². The lowest BCUT2D eigenvalue weighted by atomic mass is 10.00. The molecule has 0 bridgehead atoms. The molecular weight excluding hydrogens is 302 g/mol. The van der Waals surface area contributed by atoms with Crippen molar-refractivity contribution >= 4 is 17.5 Å². The Balaban J connectivity index is 1.81. The Bertz CT molecular complexity index is 556. The van der Waals surface area contributed by atoms with Gasteiger partial charge >= 0.3 is 0 Å². The molecule has 5 heteroatoms. The molecule has 0 aliphatic carbocycles. The smallest absolute Gasteiger partial charge is 0.243 e. The molecule has 1 atom stereocenters. The second-order valence-electron chi connectivity index (χ2n) is 6.69. The van der Waals surface area contributed by atoms with Crippen molar-refractivity contribution in [2.45, 2.75) is 45.6 Å². The number of aryl methyl sites for hydroxylation is 1. The fraction of sp³-hybridized carbons (Fsp3) is 0.579. The van der Waals surface area contributed by atoms with Gasteiger partial charge < -0.3 is 10.2 Å². The SMILES string of the molecule is CCC1CCCCN1CC(=O)N(C)CC(=O)Nc1ccc(C)cc1. The lowest BCUT2D eigenvalue weighted by molar-refractivity contribution is -0.135. The van der Waals surface area contributed by atoms with Crippen molar-refractivity contribution < 1.29 is 9.59 Å². The van der Waals surface area contributed by atoms with Crippen molar-refractivity contribution in [3.8, 4) is 0 Å². The fourth-order valence-electron chi connectivity index (χ4n) is 3.17. The first-order valence-corrected chi connectivity index (χ1v) is 8.84. The van der Waals surface area contributed by atoms with Crippen molar-refractivity contribution in [2.75, 3.05) is 32.0 Å². The Labute approximate surface area is 145 Å². The van der Waals surface area contributed by atoms with Crippen molar-refractivity contribution in [1.29, 1.82) is 0 Å². The zero-order chi connectivity index (χ0) is 17.5. The molecular formula is C19H29N3O2. The summed E-state index contributed by atoms with van der Waals surface area (Å²) in [4.78, 5) is 28.3. The third-order valence-corrected chi connectivity index (χ3v) is 4.70. The quantitative estimate of drug-likeness (QED) is 0.872. The third-order valence-electron chi connectivity index (χ3n) is 4.70. The highest BCUT2D eigenvalue weighted by atomic mass is 16.2. The van der Waals surface area contributed by atoms with Crippen LogP contribution in [-0.4, -0.2) is 54.3 Å². The minimum atomic E-state index is -0.166. The number of hydrogen-bond donors (Lipinski definition) is 1. The molecule has 2 rings (SSSR count). The Morgan fingerprint density at radius 2 is 1.96 bits per heavy atom. The van der Waals surface area contributed by atoms with Gasteiger partial charge in [-0.15, -0.1) is 0 Å². The highest BCUT2D eigenvalue weighted by Gasteiger charge is 2.24. The summed E-state index contributed by atoms with van der Waals surface area (Å²) in [5.74, 6) is -0.158. The number of nitrogens with one attached hydrogen (secondary N) is 1. The van der Waals surface area contributed by atoms with Crippen LogP contribution in [0.4, 0.5) is 5.69 Å². The summed E-state index contributed by atoms with van der Waals surface area (Å²) in [6, 6.07) is 8.14. The standard InChI is InChI=1S/C19H29N3O2/c1-4-17-7-5-6-12-22(17)14-19(24)21(3)13-18(23)20-16-10-8-15(2)9-11-16/h8-11,17H,4-7,12-14H2,1-3H3,(H,20,23). The summed E-state index contributed by atoms with van der Waals surface area (Å²) >= 11 is 0. The molecule has 1 heterocycles. The van der Waals surface area contributed by atoms with Gasteiger partial charge in [-0.25, -0.2) is 0 Å². The molecule has 1 fully saturated rings. The van der Waals surface area contributed by atoms with Gasteiger partial charge in [0.25, 0.3) is 0 Å². The van der Waals surface area contributed by atoms with Crippen LogP contribution in [0.3, 0.4) is 0 Å². The van der Waals surface area contributed by atoms with E-state index in [0.717, 1.165) is 30.6 Å². The van der Waals surface area contributed by atoms with Crippen LogP contribution in [-0.2, 0) is 9.59 Å². The molecule has 1 aromatic rings. The molecule has 2 amide bonds. The Morgan fingerprint density at radius 3 is 2.62 bits per heavy atom. The minimum Gasteiger partial charge on any atom is -0.335 e. The van der Waals surface area contributed by atoms with Crippen molar-refractivity contribution in [3.05, 3.63) is 29.8 Å². The van der Waals surface area contributed by atoms with Crippen LogP contribution in [0.2, 0.25) is 0 Å². The van der Waals surface area contributed by atoms with Crippen LogP contribution in [0, 0.1) is 6.92 Å². The molecule has 1 saturated heterocycles. The number of nitrogens with zero attached hydrogens (tertiary/aromatic N) is 2. The fourth-order valence-corrected chi connectivity index (χ4v) is 3.17. The topological polar surface area (TPSA) is 52.7 Å². The Kier molecular flexibility index (Phi) is 6.79. The molecule has 1 N–H and O–H groups in total. The first kappa shape index (κ1) is 18.5. The van der Waals surface area contributed by atoms with Crippen LogP contribution in [0.1, 0.15) is 38.2 Å². The predicted octanol–water partition coefficient (Wildman–Crippen LogP) is 2.66. The number of piperidine rings is 1. The minimum absolute atomic E-state index is 0.00871. The highest BCUT2D eigenvalue weighted by molar-refractivity contribution is 5.94. The van der Waals surface area contributed by atoms with Gasteiger partial charge in [0.1, 0.15) is 0 Å². The molecule has 24 heavy (non-hydrogen) atoms. The number of rotatable bonds is 6. The number of hydrogen-bond acceptors (Lipinski definition) is 3. The summed E-state index contributed by atoms with van der Waals surface area (Å²) in [5.41, 5.74) is 1.90. The number of likely N-dealkylation sites (N-methyl/N-ethyl adjacent to an activating group) is 1. The highest BCUT2D eigenvalue weighted by Crippen LogP contribution is 2.19. The maximum absolute atomic E-state index is 12.4. The van der Waals surface area contributed by atoms with Crippen LogP contribution in [0.25, 0.3) is 0 Å². The summed E-state index contributed by atoms with van der Waals surface area (Å²) in [6.07, 6.45) is 4.64. The maximum atomic E-state index is 12.4. The molecule has 1 unspecified atom stereocenters. The normalized spacial score (nSPS) is 18.2. The predicted molar refractivity (Wildman–Crippen MR) is 96.9 cm³/mol. The van der Waals surface area contributed by atoms with E-state index >= 15 is 0 Å². The number of carbonyl (C=O) groups is 2. The molecule has 0 aromatic heterocycles. The maximum Gasteiger partial charge on any atom is 0.243 e. The molecule has 0 saturated carbocycles. The summed E-state index contributed by atoms with van der Waals surface area (Å²) in [6.45, 7) is 5.65. The van der Waals surface area contributed by atoms with E-state index in [0.29, 0.717) is 12.6 Å². The Morgan fingerprint density at radius 1 is 1.25 bits per heavy atom. The molecule has 1 aliphatic rings. The van der Waals surface area contributed by atoms with Gasteiger partial charge in [-0.3, -0.25) is 14.5 Å². The number of benzene rings is 1. The van der Waals surface area contributed by atoms with E-state index < -0.39 is 0 Å². The zero-order valence-electron chi connectivity index (χ0n) is 15.0. The summed E-state index contributed by atoms with van der Waals surface area (Å²) in [7, 11) is 1.70. The molecule has 5 nitrogen and oxygen atoms in total. The van der Waals surface area contributed by atoms with Gasteiger partial charge in [-0.1, -0.05) is 31.0 Å². The van der Waals surface area contributed by atoms with E-state index in [1.807, 2.05) is 31.2 Å². The monoisotopic (exact) mass is 331 g/mol. The summed E-state index contributed by atoms with van der Waals surface area (Å²) < 4.78 is 0. The Hall–Kier alpha value is -1.88. The van der Waals surface area contributed by atoms with Crippen molar-refractivity contribution in [2.24, 2.45) is 0 Å². The van der Waals surface area contributed by atoms with Gasteiger partial charge in [0.05, 0.1) is 13.1 Å². The van der Waals surface area contributed by atoms with E-state index in [4.69, 9.17) is 0 Å². The largest absolute Gasteiger partial charge is 0.335 e. The molecule has 1 aromatic carbocycles. The van der Waals surface area contributed by atoms with Crippen molar-refractivity contribution in [3.63, 3.8) is 0 Å². The third kappa shape index (κ3) is 5.34. The van der Waals surface area contributed by atoms with Gasteiger partial charge in [-0.2, -0.15) is 0 Å². The molecule has 1 aliphatic heterocycles. The van der Waals surface area contributed by atoms with Gasteiger partial charge in [0.2, 0.25) is 11.8 Å². The van der Waals surface area contributed by atoms with Crippen molar-refractivity contribution in [1.82, 2.24) is 9.80 Å². The first-order chi connectivity index (χ1) is 11.5. The van der Waals surface area contributed by atoms with E-state index in [1.54, 1.807) is 7.05 Å². The number of carbonyl (C=O) groups excluding carboxylic acids is 2. The molecule has 0 radical (unpaired) electrons. The van der Waals surface area contributed by atoms with E-state index in [9.17, 15) is 9.59 Å². The van der Waals surface area contributed by atoms with Crippen LogP contribution in [0.15, 0.2) is 24.3 Å². The molecule has 132 valence electrons. The zero-order valence-corrected chi connectivity index (χ0v) is 15.0. The number of anilines is 1. The number of likely N-dealkylation sites (tertiary alicyclic amines) is 1. The van der Waals surface area contributed by atoms with Gasteiger partial charge in [0.15, 0.2) is 0 Å². The van der Waals surface area contributed by atoms with E-state index in [-0.39, 0.29) is 18.4 Å². The summed E-state index contributed by atoms with van der Waals surface area (Å²) in [5, 5.41) is 2.83. The lowest BCUT2D eigenvalue weighted by Crippen LogP contribution is -2.47. The van der Waals surface area contributed by atoms with E-state index in [1.165, 1.54) is 17.7 Å². The average Bonchev–Trinajstić information content (AvgIpc) is 2.57. The van der Waals surface area contributed by atoms with Gasteiger partial charge in [-0.05, 0) is 44.9 Å². The second-order valence-corrected chi connectivity index (χ2v) is 6.69. The van der Waals surface area contributed by atoms with Crippen LogP contribution < -0.4 is 5.32 Å². The van der Waals surface area contributed by atoms with Crippen LogP contribution in [0.5, 0.6) is 0 Å². The first-order valence-electron chi connectivity index (χ1n) is 8.84. The lowest BCUT2D eigenvalue weighted by Gasteiger charge is -2.35.